The molecule has 4 atom stereocenters. The van der Waals surface area contributed by atoms with E-state index < -0.39 is 24.3 Å². The summed E-state index contributed by atoms with van der Waals surface area (Å²) < 4.78 is 29.3. The Morgan fingerprint density at radius 1 is 0.863 bits per heavy atom. The largest absolute Gasteiger partial charge is 0.493 e. The Morgan fingerprint density at radius 3 is 2.31 bits per heavy atom. The van der Waals surface area contributed by atoms with Gasteiger partial charge in [0.1, 0.15) is 6.04 Å². The van der Waals surface area contributed by atoms with Crippen LogP contribution in [0, 0.1) is 0 Å². The fourth-order valence-electron chi connectivity index (χ4n) is 6.69. The lowest BCUT2D eigenvalue weighted by molar-refractivity contribution is -0.253. The molecule has 4 aromatic carbocycles. The zero-order valence-corrected chi connectivity index (χ0v) is 29.2. The maximum absolute atomic E-state index is 13.1. The second-order valence-corrected chi connectivity index (χ2v) is 12.8. The lowest BCUT2D eigenvalue weighted by atomic mass is 9.97. The molecule has 0 aliphatic carbocycles. The fraction of sp³-hybridized carbons (Fsp3) is 0.350. The molecule has 0 radical (unpaired) electrons. The number of carbonyl (C=O) groups excluding carboxylic acids is 2. The highest BCUT2D eigenvalue weighted by atomic mass is 16.7. The number of urea groups is 1. The van der Waals surface area contributed by atoms with Gasteiger partial charge in [-0.25, -0.2) is 9.59 Å². The SMILES string of the molecule is COC(=O)[C@H](Cc1ccccc1)NC(=O)Nc1cccc([C@H]2O[C@@H](CN3CCc4cc(OC)c(OC)cc4C3)C[C@@H](c3ccc(CO)cc3)O2)c1. The van der Waals surface area contributed by atoms with Crippen LogP contribution in [0.2, 0.25) is 0 Å². The van der Waals surface area contributed by atoms with Crippen LogP contribution >= 0.6 is 0 Å². The number of aliphatic hydroxyl groups excluding tert-OH is 1. The smallest absolute Gasteiger partial charge is 0.328 e. The molecule has 0 spiro atoms. The van der Waals surface area contributed by atoms with E-state index in [0.29, 0.717) is 24.4 Å². The number of anilines is 1. The molecule has 0 unspecified atom stereocenters. The molecule has 0 bridgehead atoms. The molecule has 268 valence electrons. The number of hydrogen-bond acceptors (Lipinski definition) is 9. The first-order valence-electron chi connectivity index (χ1n) is 17.1. The number of nitrogens with one attached hydrogen (secondary N) is 2. The lowest BCUT2D eigenvalue weighted by Crippen LogP contribution is -2.45. The van der Waals surface area contributed by atoms with Gasteiger partial charge in [0.2, 0.25) is 0 Å². The molecule has 0 saturated carbocycles. The first-order chi connectivity index (χ1) is 24.8. The first kappa shape index (κ1) is 35.9. The molecule has 1 saturated heterocycles. The van der Waals surface area contributed by atoms with Crippen LogP contribution in [0.5, 0.6) is 11.5 Å². The van der Waals surface area contributed by atoms with Crippen molar-refractivity contribution in [3.8, 4) is 11.5 Å². The van der Waals surface area contributed by atoms with Crippen LogP contribution in [0.1, 0.15) is 52.2 Å². The van der Waals surface area contributed by atoms with E-state index in [2.05, 4.69) is 27.7 Å². The molecule has 3 N–H and O–H groups in total. The molecular formula is C40H45N3O8. The first-order valence-corrected chi connectivity index (χ1v) is 17.1. The third-order valence-corrected chi connectivity index (χ3v) is 9.36. The van der Waals surface area contributed by atoms with Gasteiger partial charge in [0, 0.05) is 43.7 Å². The quantitative estimate of drug-likeness (QED) is 0.160. The van der Waals surface area contributed by atoms with Gasteiger partial charge in [-0.15, -0.1) is 0 Å². The number of hydrogen-bond donors (Lipinski definition) is 3. The Balaban J connectivity index is 1.17. The molecular weight excluding hydrogens is 650 g/mol. The fourth-order valence-corrected chi connectivity index (χ4v) is 6.69. The Labute approximate surface area is 298 Å². The van der Waals surface area contributed by atoms with Crippen LogP contribution in [0.25, 0.3) is 0 Å². The van der Waals surface area contributed by atoms with Gasteiger partial charge < -0.3 is 39.4 Å². The number of amides is 2. The minimum Gasteiger partial charge on any atom is -0.493 e. The minimum atomic E-state index is -0.866. The lowest BCUT2D eigenvalue weighted by Gasteiger charge is -2.39. The van der Waals surface area contributed by atoms with E-state index in [-0.39, 0.29) is 25.2 Å². The number of methoxy groups -OCH3 is 3. The monoisotopic (exact) mass is 695 g/mol. The van der Waals surface area contributed by atoms with Crippen LogP contribution in [-0.2, 0) is 45.0 Å². The van der Waals surface area contributed by atoms with E-state index in [1.165, 1.54) is 18.2 Å². The van der Waals surface area contributed by atoms with E-state index in [9.17, 15) is 14.7 Å². The Kier molecular flexibility index (Phi) is 11.8. The highest BCUT2D eigenvalue weighted by Gasteiger charge is 2.34. The number of rotatable bonds is 12. The maximum atomic E-state index is 13.1. The molecule has 11 nitrogen and oxygen atoms in total. The van der Waals surface area contributed by atoms with Crippen LogP contribution < -0.4 is 20.1 Å². The van der Waals surface area contributed by atoms with Gasteiger partial charge >= 0.3 is 12.0 Å². The standard InChI is InChI=1S/C40H45N3O8/c1-47-36-20-29-16-17-43(23-31(29)21-37(36)48-2)24-33-22-35(28-14-12-27(25-44)13-15-28)51-39(50-33)30-10-7-11-32(19-30)41-40(46)42-34(38(45)49-3)18-26-8-5-4-6-9-26/h4-15,19-21,33-35,39,44H,16-18,22-25H2,1-3H3,(H2,41,42,46)/t33-,34+,35+,39+/m1/s1. The highest BCUT2D eigenvalue weighted by molar-refractivity contribution is 5.92. The third-order valence-electron chi connectivity index (χ3n) is 9.36. The predicted octanol–water partition coefficient (Wildman–Crippen LogP) is 5.71. The predicted molar refractivity (Wildman–Crippen MR) is 191 cm³/mol. The Morgan fingerprint density at radius 2 is 1.61 bits per heavy atom. The van der Waals surface area contributed by atoms with Crippen LogP contribution in [0.3, 0.4) is 0 Å². The summed E-state index contributed by atoms with van der Waals surface area (Å²) in [6.07, 6.45) is 0.677. The molecule has 4 aromatic rings. The molecule has 11 heteroatoms. The van der Waals surface area contributed by atoms with Crippen molar-refractivity contribution in [2.45, 2.75) is 57.0 Å². The van der Waals surface area contributed by atoms with Crippen molar-refractivity contribution in [3.05, 3.63) is 124 Å². The van der Waals surface area contributed by atoms with Gasteiger partial charge in [0.25, 0.3) is 0 Å². The number of ether oxygens (including phenoxy) is 5. The minimum absolute atomic E-state index is 0.0345. The number of nitrogens with zero attached hydrogens (tertiary/aromatic N) is 1. The Hall–Kier alpha value is -4.94. The second kappa shape index (κ2) is 16.8. The van der Waals surface area contributed by atoms with Crippen molar-refractivity contribution in [2.24, 2.45) is 0 Å². The Bertz CT molecular complexity index is 1780. The van der Waals surface area contributed by atoms with E-state index in [1.807, 2.05) is 72.8 Å². The number of aliphatic hydroxyl groups is 1. The second-order valence-electron chi connectivity index (χ2n) is 12.8. The molecule has 2 aliphatic heterocycles. The normalized spacial score (nSPS) is 19.3. The average molecular weight is 696 g/mol. The van der Waals surface area contributed by atoms with Gasteiger partial charge in [0.15, 0.2) is 17.8 Å². The van der Waals surface area contributed by atoms with Crippen molar-refractivity contribution >= 4 is 17.7 Å². The van der Waals surface area contributed by atoms with E-state index in [1.54, 1.807) is 20.3 Å². The van der Waals surface area contributed by atoms with Gasteiger partial charge in [-0.2, -0.15) is 0 Å². The molecule has 1 fully saturated rings. The molecule has 51 heavy (non-hydrogen) atoms. The van der Waals surface area contributed by atoms with Crippen molar-refractivity contribution in [1.29, 1.82) is 0 Å². The van der Waals surface area contributed by atoms with Crippen LogP contribution in [0.15, 0.2) is 91.0 Å². The summed E-state index contributed by atoms with van der Waals surface area (Å²) in [6.45, 7) is 2.28. The molecule has 2 amide bonds. The van der Waals surface area contributed by atoms with Crippen molar-refractivity contribution < 1.29 is 38.4 Å². The molecule has 6 rings (SSSR count). The van der Waals surface area contributed by atoms with E-state index in [0.717, 1.165) is 47.5 Å². The maximum Gasteiger partial charge on any atom is 0.328 e. The molecule has 0 aromatic heterocycles. The van der Waals surface area contributed by atoms with Crippen molar-refractivity contribution in [3.63, 3.8) is 0 Å². The summed E-state index contributed by atoms with van der Waals surface area (Å²) in [4.78, 5) is 28.0. The number of carbonyl (C=O) groups is 2. The zero-order valence-electron chi connectivity index (χ0n) is 29.2. The van der Waals surface area contributed by atoms with Crippen molar-refractivity contribution in [2.75, 3.05) is 39.7 Å². The molecule has 2 heterocycles. The highest BCUT2D eigenvalue weighted by Crippen LogP contribution is 2.39. The van der Waals surface area contributed by atoms with Gasteiger partial charge in [-0.3, -0.25) is 4.90 Å². The van der Waals surface area contributed by atoms with Crippen LogP contribution in [-0.4, -0.2) is 68.6 Å². The number of fused-ring (bicyclic) bond motifs is 1. The van der Waals surface area contributed by atoms with Crippen molar-refractivity contribution in [1.82, 2.24) is 10.2 Å². The number of benzene rings is 4. The summed E-state index contributed by atoms with van der Waals surface area (Å²) in [7, 11) is 4.60. The summed E-state index contributed by atoms with van der Waals surface area (Å²) >= 11 is 0. The summed E-state index contributed by atoms with van der Waals surface area (Å²) in [5, 5.41) is 15.2. The van der Waals surface area contributed by atoms with E-state index >= 15 is 0 Å². The van der Waals surface area contributed by atoms with Gasteiger partial charge in [0.05, 0.1) is 40.1 Å². The zero-order chi connectivity index (χ0) is 35.7. The average Bonchev–Trinajstić information content (AvgIpc) is 3.17. The van der Waals surface area contributed by atoms with E-state index in [4.69, 9.17) is 23.7 Å². The molecule has 2 aliphatic rings. The van der Waals surface area contributed by atoms with Gasteiger partial charge in [-0.05, 0) is 58.5 Å². The topological polar surface area (TPSA) is 128 Å². The summed E-state index contributed by atoms with van der Waals surface area (Å²) in [5.74, 6) is 0.915. The summed E-state index contributed by atoms with van der Waals surface area (Å²) in [6, 6.07) is 27.3. The van der Waals surface area contributed by atoms with Crippen LogP contribution in [0.4, 0.5) is 10.5 Å². The van der Waals surface area contributed by atoms with Gasteiger partial charge in [-0.1, -0.05) is 66.7 Å². The summed E-state index contributed by atoms with van der Waals surface area (Å²) in [5.41, 5.74) is 6.43. The third kappa shape index (κ3) is 9.05. The number of esters is 1.